The van der Waals surface area contributed by atoms with Crippen molar-refractivity contribution < 1.29 is 4.79 Å². The Labute approximate surface area is 168 Å². The van der Waals surface area contributed by atoms with E-state index in [9.17, 15) is 4.79 Å². The first kappa shape index (κ1) is 17.7. The fourth-order valence-electron chi connectivity index (χ4n) is 4.43. The number of rotatable bonds is 3. The highest BCUT2D eigenvalue weighted by atomic mass is 16.2. The lowest BCUT2D eigenvalue weighted by Gasteiger charge is -2.33. The van der Waals surface area contributed by atoms with Crippen LogP contribution in [0.15, 0.2) is 36.8 Å². The maximum Gasteiger partial charge on any atom is 0.257 e. The molecule has 1 amide bonds. The Morgan fingerprint density at radius 2 is 1.79 bits per heavy atom. The molecule has 2 unspecified atom stereocenters. The lowest BCUT2D eigenvalue weighted by molar-refractivity contribution is 0.0693. The average Bonchev–Trinajstić information content (AvgIpc) is 3.34. The number of anilines is 1. The Morgan fingerprint density at radius 1 is 1.03 bits per heavy atom. The van der Waals surface area contributed by atoms with Crippen molar-refractivity contribution in [3.8, 4) is 5.82 Å². The number of likely N-dealkylation sites (tertiary alicyclic amines) is 1. The minimum atomic E-state index is -0.0386. The van der Waals surface area contributed by atoms with Crippen LogP contribution in [0.2, 0.25) is 0 Å². The SMILES string of the molecule is Cc1cc(C)nc(N2CC3CC2CN(C(=O)c2cccnc2-n2nccn2)C3)n1. The van der Waals surface area contributed by atoms with E-state index in [2.05, 4.69) is 30.0 Å². The van der Waals surface area contributed by atoms with Crippen LogP contribution in [0.3, 0.4) is 0 Å². The monoisotopic (exact) mass is 390 g/mol. The van der Waals surface area contributed by atoms with Gasteiger partial charge in [-0.2, -0.15) is 10.2 Å². The first-order valence-electron chi connectivity index (χ1n) is 9.78. The number of hydrogen-bond donors (Lipinski definition) is 0. The predicted molar refractivity (Wildman–Crippen MR) is 106 cm³/mol. The van der Waals surface area contributed by atoms with Crippen LogP contribution >= 0.6 is 0 Å². The number of piperidine rings is 1. The van der Waals surface area contributed by atoms with Crippen molar-refractivity contribution in [3.05, 3.63) is 53.7 Å². The number of amides is 1. The molecule has 0 saturated carbocycles. The number of carbonyl (C=O) groups excluding carboxylic acids is 1. The van der Waals surface area contributed by atoms with Crippen molar-refractivity contribution in [2.45, 2.75) is 26.3 Å². The normalized spacial score (nSPS) is 20.9. The van der Waals surface area contributed by atoms with Crippen LogP contribution in [-0.4, -0.2) is 66.4 Å². The minimum absolute atomic E-state index is 0.0386. The Morgan fingerprint density at radius 3 is 2.55 bits per heavy atom. The fraction of sp³-hybridized carbons (Fsp3) is 0.400. The van der Waals surface area contributed by atoms with E-state index in [-0.39, 0.29) is 11.9 Å². The Hall–Kier alpha value is -3.36. The number of hydrogen-bond acceptors (Lipinski definition) is 7. The fourth-order valence-corrected chi connectivity index (χ4v) is 4.43. The van der Waals surface area contributed by atoms with Gasteiger partial charge in [-0.15, -0.1) is 4.80 Å². The standard InChI is InChI=1S/C20H22N8O/c1-13-8-14(2)25-20(24-13)27-11-15-9-16(27)12-26(10-15)19(29)17-4-3-5-21-18(17)28-22-6-7-23-28/h3-8,15-16H,9-12H2,1-2H3. The van der Waals surface area contributed by atoms with Crippen LogP contribution in [0.1, 0.15) is 28.2 Å². The first-order valence-corrected chi connectivity index (χ1v) is 9.78. The molecule has 29 heavy (non-hydrogen) atoms. The van der Waals surface area contributed by atoms with E-state index in [1.807, 2.05) is 24.8 Å². The molecule has 0 aliphatic carbocycles. The van der Waals surface area contributed by atoms with E-state index in [4.69, 9.17) is 0 Å². The number of pyridine rings is 1. The summed E-state index contributed by atoms with van der Waals surface area (Å²) >= 11 is 0. The molecular formula is C20H22N8O. The molecule has 9 nitrogen and oxygen atoms in total. The second kappa shape index (κ2) is 6.91. The van der Waals surface area contributed by atoms with E-state index < -0.39 is 0 Å². The lowest BCUT2D eigenvalue weighted by atomic mass is 9.99. The minimum Gasteiger partial charge on any atom is -0.336 e. The van der Waals surface area contributed by atoms with Crippen molar-refractivity contribution in [3.63, 3.8) is 0 Å². The van der Waals surface area contributed by atoms with Crippen molar-refractivity contribution in [1.82, 2.24) is 34.8 Å². The van der Waals surface area contributed by atoms with Gasteiger partial charge in [0.05, 0.1) is 18.0 Å². The summed E-state index contributed by atoms with van der Waals surface area (Å²) in [6, 6.07) is 5.76. The third-order valence-electron chi connectivity index (χ3n) is 5.55. The molecular weight excluding hydrogens is 368 g/mol. The van der Waals surface area contributed by atoms with E-state index in [1.54, 1.807) is 30.7 Å². The molecule has 9 heteroatoms. The van der Waals surface area contributed by atoms with Gasteiger partial charge in [-0.3, -0.25) is 4.79 Å². The number of fused-ring (bicyclic) bond motifs is 2. The number of aryl methyl sites for hydroxylation is 2. The summed E-state index contributed by atoms with van der Waals surface area (Å²) in [6.45, 7) is 6.22. The van der Waals surface area contributed by atoms with Crippen LogP contribution in [-0.2, 0) is 0 Å². The zero-order chi connectivity index (χ0) is 20.0. The smallest absolute Gasteiger partial charge is 0.257 e. The van der Waals surface area contributed by atoms with Gasteiger partial charge in [-0.05, 0) is 44.4 Å². The average molecular weight is 390 g/mol. The Bertz CT molecular complexity index is 1030. The third-order valence-corrected chi connectivity index (χ3v) is 5.55. The van der Waals surface area contributed by atoms with Crippen LogP contribution < -0.4 is 4.90 Å². The summed E-state index contributed by atoms with van der Waals surface area (Å²) in [5.41, 5.74) is 2.45. The summed E-state index contributed by atoms with van der Waals surface area (Å²) in [5.74, 6) is 1.59. The quantitative estimate of drug-likeness (QED) is 0.668. The molecule has 2 aliphatic rings. The summed E-state index contributed by atoms with van der Waals surface area (Å²) < 4.78 is 0. The Balaban J connectivity index is 1.41. The van der Waals surface area contributed by atoms with Gasteiger partial charge in [-0.1, -0.05) is 0 Å². The van der Waals surface area contributed by atoms with E-state index >= 15 is 0 Å². The maximum atomic E-state index is 13.4. The second-order valence-corrected chi connectivity index (χ2v) is 7.76. The highest BCUT2D eigenvalue weighted by Crippen LogP contribution is 2.33. The molecule has 5 rings (SSSR count). The molecule has 5 heterocycles. The molecule has 2 fully saturated rings. The van der Waals surface area contributed by atoms with Crippen LogP contribution in [0.25, 0.3) is 5.82 Å². The molecule has 0 radical (unpaired) electrons. The zero-order valence-corrected chi connectivity index (χ0v) is 16.4. The topological polar surface area (TPSA) is 92.9 Å². The summed E-state index contributed by atoms with van der Waals surface area (Å²) in [7, 11) is 0. The van der Waals surface area contributed by atoms with Crippen molar-refractivity contribution in [1.29, 1.82) is 0 Å². The van der Waals surface area contributed by atoms with Crippen LogP contribution in [0.5, 0.6) is 0 Å². The number of carbonyl (C=O) groups is 1. The van der Waals surface area contributed by atoms with Crippen molar-refractivity contribution in [2.75, 3.05) is 24.5 Å². The largest absolute Gasteiger partial charge is 0.336 e. The lowest BCUT2D eigenvalue weighted by Crippen LogP contribution is -2.46. The summed E-state index contributed by atoms with van der Waals surface area (Å²) in [6.07, 6.45) is 5.85. The molecule has 0 spiro atoms. The maximum absolute atomic E-state index is 13.4. The summed E-state index contributed by atoms with van der Waals surface area (Å²) in [5, 5.41) is 8.27. The van der Waals surface area contributed by atoms with Gasteiger partial charge in [0, 0.05) is 43.3 Å². The summed E-state index contributed by atoms with van der Waals surface area (Å²) in [4.78, 5) is 32.5. The van der Waals surface area contributed by atoms with Gasteiger partial charge < -0.3 is 9.80 Å². The highest BCUT2D eigenvalue weighted by Gasteiger charge is 2.41. The van der Waals surface area contributed by atoms with Crippen molar-refractivity contribution in [2.24, 2.45) is 5.92 Å². The van der Waals surface area contributed by atoms with Gasteiger partial charge in [-0.25, -0.2) is 15.0 Å². The van der Waals surface area contributed by atoms with Crippen molar-refractivity contribution >= 4 is 11.9 Å². The van der Waals surface area contributed by atoms with Gasteiger partial charge in [0.1, 0.15) is 0 Å². The van der Waals surface area contributed by atoms with Gasteiger partial charge in [0.15, 0.2) is 5.82 Å². The zero-order valence-electron chi connectivity index (χ0n) is 16.4. The van der Waals surface area contributed by atoms with Gasteiger partial charge in [0.25, 0.3) is 5.91 Å². The number of nitrogens with zero attached hydrogens (tertiary/aromatic N) is 8. The molecule has 2 bridgehead atoms. The molecule has 3 aromatic heterocycles. The van der Waals surface area contributed by atoms with Gasteiger partial charge >= 0.3 is 0 Å². The highest BCUT2D eigenvalue weighted by molar-refractivity contribution is 5.97. The van der Waals surface area contributed by atoms with E-state index in [0.717, 1.165) is 36.8 Å². The predicted octanol–water partition coefficient (Wildman–Crippen LogP) is 1.42. The molecule has 2 atom stereocenters. The molecule has 2 saturated heterocycles. The van der Waals surface area contributed by atoms with E-state index in [1.165, 1.54) is 4.80 Å². The van der Waals surface area contributed by atoms with Crippen LogP contribution in [0, 0.1) is 19.8 Å². The molecule has 0 N–H and O–H groups in total. The molecule has 3 aromatic rings. The van der Waals surface area contributed by atoms with Crippen LogP contribution in [0.4, 0.5) is 5.95 Å². The molecule has 148 valence electrons. The third kappa shape index (κ3) is 3.22. The Kier molecular flexibility index (Phi) is 4.22. The van der Waals surface area contributed by atoms with E-state index in [0.29, 0.717) is 23.8 Å². The van der Waals surface area contributed by atoms with Gasteiger partial charge in [0.2, 0.25) is 5.95 Å². The molecule has 2 aliphatic heterocycles. The first-order chi connectivity index (χ1) is 14.1. The molecule has 0 aromatic carbocycles. The number of aromatic nitrogens is 6. The second-order valence-electron chi connectivity index (χ2n) is 7.76.